The summed E-state index contributed by atoms with van der Waals surface area (Å²) in [5, 5.41) is 0. The number of rotatable bonds is 3. The Morgan fingerprint density at radius 2 is 1.93 bits per heavy atom. The van der Waals surface area contributed by atoms with Crippen LogP contribution in [-0.4, -0.2) is 18.9 Å². The Hall–Kier alpha value is -1.57. The highest BCUT2D eigenvalue weighted by Crippen LogP contribution is 2.12. The lowest BCUT2D eigenvalue weighted by Crippen LogP contribution is -2.25. The zero-order valence-corrected chi connectivity index (χ0v) is 9.64. The van der Waals surface area contributed by atoms with E-state index in [1.54, 1.807) is 6.08 Å². The molecular weight excluding hydrogens is 184 g/mol. The summed E-state index contributed by atoms with van der Waals surface area (Å²) in [6.45, 7) is 7.90. The van der Waals surface area contributed by atoms with Crippen molar-refractivity contribution < 1.29 is 0 Å². The zero-order valence-electron chi connectivity index (χ0n) is 9.64. The first kappa shape index (κ1) is 11.5. The van der Waals surface area contributed by atoms with Gasteiger partial charge < -0.3 is 4.90 Å². The Morgan fingerprint density at radius 1 is 1.33 bits per heavy atom. The Balaban J connectivity index is 2.92. The van der Waals surface area contributed by atoms with Crippen molar-refractivity contribution in [3.8, 4) is 0 Å². The molecule has 1 aromatic carbocycles. The molecule has 0 aliphatic rings. The highest BCUT2D eigenvalue weighted by molar-refractivity contribution is 6.05. The molecule has 1 rings (SSSR count). The third kappa shape index (κ3) is 3.24. The number of hydrogen-bond donors (Lipinski definition) is 0. The molecule has 2 nitrogen and oxygen atoms in total. The summed E-state index contributed by atoms with van der Waals surface area (Å²) in [5.41, 5.74) is 1.12. The van der Waals surface area contributed by atoms with Gasteiger partial charge in [0.2, 0.25) is 0 Å². The van der Waals surface area contributed by atoms with Crippen LogP contribution in [0.5, 0.6) is 0 Å². The molecule has 0 saturated carbocycles. The van der Waals surface area contributed by atoms with Crippen LogP contribution in [0.2, 0.25) is 0 Å². The second-order valence-electron chi connectivity index (χ2n) is 3.68. The predicted molar refractivity (Wildman–Crippen MR) is 67.6 cm³/mol. The summed E-state index contributed by atoms with van der Waals surface area (Å²) in [6.07, 6.45) is 1.78. The van der Waals surface area contributed by atoms with E-state index in [-0.39, 0.29) is 6.04 Å². The topological polar surface area (TPSA) is 15.6 Å². The molecule has 0 atom stereocenters. The van der Waals surface area contributed by atoms with Gasteiger partial charge in [0.15, 0.2) is 0 Å². The van der Waals surface area contributed by atoms with Crippen molar-refractivity contribution in [3.05, 3.63) is 43.0 Å². The monoisotopic (exact) mass is 202 g/mol. The van der Waals surface area contributed by atoms with Gasteiger partial charge in [0.1, 0.15) is 5.84 Å². The Labute approximate surface area is 92.0 Å². The fourth-order valence-corrected chi connectivity index (χ4v) is 1.32. The quantitative estimate of drug-likeness (QED) is 0.543. The Morgan fingerprint density at radius 3 is 2.40 bits per heavy atom. The summed E-state index contributed by atoms with van der Waals surface area (Å²) < 4.78 is 0. The summed E-state index contributed by atoms with van der Waals surface area (Å²) >= 11 is 0. The lowest BCUT2D eigenvalue weighted by molar-refractivity contribution is 0.832. The maximum Gasteiger partial charge on any atom is 0.127 e. The molecule has 0 radical (unpaired) electrons. The van der Waals surface area contributed by atoms with Crippen LogP contribution >= 0.6 is 0 Å². The second-order valence-corrected chi connectivity index (χ2v) is 3.68. The van der Waals surface area contributed by atoms with Crippen LogP contribution in [0.15, 0.2) is 48.0 Å². The van der Waals surface area contributed by atoms with Gasteiger partial charge in [0.05, 0.1) is 0 Å². The van der Waals surface area contributed by atoms with E-state index in [9.17, 15) is 0 Å². The number of anilines is 1. The molecule has 0 amide bonds. The molecule has 2 heteroatoms. The standard InChI is InChI=1S/C13H18N2/c1-5-13(14-11(2)3)15(4)12-9-7-6-8-10-12/h5-11H,1H2,2-4H3/b14-13+. The zero-order chi connectivity index (χ0) is 11.3. The van der Waals surface area contributed by atoms with Crippen LogP contribution < -0.4 is 4.90 Å². The van der Waals surface area contributed by atoms with Crippen molar-refractivity contribution >= 4 is 11.5 Å². The third-order valence-electron chi connectivity index (χ3n) is 2.06. The van der Waals surface area contributed by atoms with E-state index in [2.05, 4.69) is 37.6 Å². The van der Waals surface area contributed by atoms with Gasteiger partial charge in [0.25, 0.3) is 0 Å². The number of amidine groups is 1. The van der Waals surface area contributed by atoms with Crippen molar-refractivity contribution in [2.45, 2.75) is 19.9 Å². The minimum absolute atomic E-state index is 0.282. The van der Waals surface area contributed by atoms with Crippen molar-refractivity contribution in [2.75, 3.05) is 11.9 Å². The first-order valence-corrected chi connectivity index (χ1v) is 5.14. The number of nitrogens with zero attached hydrogens (tertiary/aromatic N) is 2. The van der Waals surface area contributed by atoms with E-state index in [4.69, 9.17) is 0 Å². The smallest absolute Gasteiger partial charge is 0.127 e. The normalized spacial score (nSPS) is 11.6. The van der Waals surface area contributed by atoms with Crippen molar-refractivity contribution in [1.82, 2.24) is 0 Å². The lowest BCUT2D eigenvalue weighted by atomic mass is 10.3. The minimum Gasteiger partial charge on any atom is -0.330 e. The highest BCUT2D eigenvalue weighted by atomic mass is 15.2. The molecule has 0 N–H and O–H groups in total. The average Bonchev–Trinajstić information content (AvgIpc) is 2.26. The van der Waals surface area contributed by atoms with E-state index in [1.165, 1.54) is 0 Å². The average molecular weight is 202 g/mol. The molecule has 0 heterocycles. The fourth-order valence-electron chi connectivity index (χ4n) is 1.32. The minimum atomic E-state index is 0.282. The predicted octanol–water partition coefficient (Wildman–Crippen LogP) is 3.12. The fraction of sp³-hybridized carbons (Fsp3) is 0.308. The molecule has 15 heavy (non-hydrogen) atoms. The van der Waals surface area contributed by atoms with Gasteiger partial charge >= 0.3 is 0 Å². The van der Waals surface area contributed by atoms with Gasteiger partial charge in [-0.25, -0.2) is 0 Å². The van der Waals surface area contributed by atoms with E-state index in [1.807, 2.05) is 30.1 Å². The Kier molecular flexibility index (Phi) is 4.10. The number of benzene rings is 1. The molecule has 0 bridgehead atoms. The molecule has 0 spiro atoms. The summed E-state index contributed by atoms with van der Waals surface area (Å²) in [6, 6.07) is 10.4. The van der Waals surface area contributed by atoms with Gasteiger partial charge in [0, 0.05) is 18.8 Å². The number of para-hydroxylation sites is 1. The Bertz CT molecular complexity index is 339. The van der Waals surface area contributed by atoms with Crippen molar-refractivity contribution in [1.29, 1.82) is 0 Å². The molecule has 80 valence electrons. The van der Waals surface area contributed by atoms with Gasteiger partial charge in [-0.05, 0) is 32.1 Å². The number of likely N-dealkylation sites (N-methyl/N-ethyl adjacent to an activating group) is 1. The first-order valence-electron chi connectivity index (χ1n) is 5.14. The molecule has 0 aliphatic carbocycles. The van der Waals surface area contributed by atoms with Crippen LogP contribution in [0.1, 0.15) is 13.8 Å². The van der Waals surface area contributed by atoms with Gasteiger partial charge in [-0.15, -0.1) is 0 Å². The molecule has 0 aliphatic heterocycles. The maximum absolute atomic E-state index is 4.50. The van der Waals surface area contributed by atoms with Crippen LogP contribution in [0.3, 0.4) is 0 Å². The lowest BCUT2D eigenvalue weighted by Gasteiger charge is -2.19. The van der Waals surface area contributed by atoms with Crippen LogP contribution in [-0.2, 0) is 0 Å². The van der Waals surface area contributed by atoms with Crippen LogP contribution in [0.4, 0.5) is 5.69 Å². The van der Waals surface area contributed by atoms with E-state index in [0.717, 1.165) is 11.5 Å². The largest absolute Gasteiger partial charge is 0.330 e. The van der Waals surface area contributed by atoms with E-state index >= 15 is 0 Å². The molecule has 0 aromatic heterocycles. The number of hydrogen-bond acceptors (Lipinski definition) is 1. The molecule has 0 fully saturated rings. The molecule has 1 aromatic rings. The van der Waals surface area contributed by atoms with E-state index in [0.29, 0.717) is 0 Å². The van der Waals surface area contributed by atoms with Gasteiger partial charge in [-0.3, -0.25) is 4.99 Å². The maximum atomic E-state index is 4.50. The van der Waals surface area contributed by atoms with E-state index < -0.39 is 0 Å². The second kappa shape index (κ2) is 5.35. The molecular formula is C13H18N2. The third-order valence-corrected chi connectivity index (χ3v) is 2.06. The van der Waals surface area contributed by atoms with Crippen molar-refractivity contribution in [3.63, 3.8) is 0 Å². The first-order chi connectivity index (χ1) is 7.15. The highest BCUT2D eigenvalue weighted by Gasteiger charge is 2.04. The van der Waals surface area contributed by atoms with Crippen LogP contribution in [0, 0.1) is 0 Å². The number of aliphatic imine (C=N–C) groups is 1. The van der Waals surface area contributed by atoms with Gasteiger partial charge in [-0.2, -0.15) is 0 Å². The SMILES string of the molecule is C=C/C(=N\C(C)C)N(C)c1ccccc1. The van der Waals surface area contributed by atoms with Gasteiger partial charge in [-0.1, -0.05) is 24.8 Å². The summed E-state index contributed by atoms with van der Waals surface area (Å²) in [7, 11) is 2.00. The van der Waals surface area contributed by atoms with Crippen LogP contribution in [0.25, 0.3) is 0 Å². The molecule has 0 saturated heterocycles. The summed E-state index contributed by atoms with van der Waals surface area (Å²) in [5.74, 6) is 0.899. The molecule has 0 unspecified atom stereocenters. The summed E-state index contributed by atoms with van der Waals surface area (Å²) in [4.78, 5) is 6.53. The van der Waals surface area contributed by atoms with Crippen molar-refractivity contribution in [2.24, 2.45) is 4.99 Å².